The average Bonchev–Trinajstić information content (AvgIpc) is 2.77. The second kappa shape index (κ2) is 13.2. The van der Waals surface area contributed by atoms with E-state index in [2.05, 4.69) is 37.0 Å². The van der Waals surface area contributed by atoms with E-state index in [-0.39, 0.29) is 5.91 Å². The monoisotopic (exact) mass is 458 g/mol. The first-order chi connectivity index (χ1) is 15.0. The van der Waals surface area contributed by atoms with Crippen molar-refractivity contribution in [1.82, 2.24) is 14.9 Å². The summed E-state index contributed by atoms with van der Waals surface area (Å²) in [6.07, 6.45) is 5.55. The van der Waals surface area contributed by atoms with Crippen molar-refractivity contribution in [2.24, 2.45) is 0 Å². The Labute approximate surface area is 195 Å². The van der Waals surface area contributed by atoms with Gasteiger partial charge in [-0.1, -0.05) is 61.5 Å². The summed E-state index contributed by atoms with van der Waals surface area (Å²) >= 11 is 7.74. The summed E-state index contributed by atoms with van der Waals surface area (Å²) in [6.45, 7) is 14.6. The van der Waals surface area contributed by atoms with Crippen LogP contribution in [0.25, 0.3) is 0 Å². The Bertz CT molecular complexity index is 856. The molecule has 0 unspecified atom stereocenters. The van der Waals surface area contributed by atoms with Gasteiger partial charge in [0.2, 0.25) is 0 Å². The van der Waals surface area contributed by atoms with Crippen molar-refractivity contribution >= 4 is 35.1 Å². The number of amides is 1. The normalized spacial score (nSPS) is 10.5. The number of aromatic nitrogens is 2. The van der Waals surface area contributed by atoms with Crippen LogP contribution in [-0.4, -0.2) is 47.0 Å². The molecule has 166 valence electrons. The van der Waals surface area contributed by atoms with Crippen LogP contribution in [0.15, 0.2) is 60.8 Å². The molecule has 0 aliphatic carbocycles. The quantitative estimate of drug-likeness (QED) is 0.163. The number of thioether (sulfide) groups is 1. The Hall–Kier alpha value is -2.31. The summed E-state index contributed by atoms with van der Waals surface area (Å²) in [7, 11) is 0. The molecule has 1 heterocycles. The molecule has 0 saturated heterocycles. The predicted molar refractivity (Wildman–Crippen MR) is 132 cm³/mol. The van der Waals surface area contributed by atoms with E-state index in [0.29, 0.717) is 29.2 Å². The predicted octanol–water partition coefficient (Wildman–Crippen LogP) is 5.86. The van der Waals surface area contributed by atoms with Gasteiger partial charge in [0.25, 0.3) is 5.91 Å². The Balaban J connectivity index is 2.07. The Kier molecular flexibility index (Phi) is 10.6. The molecule has 1 aromatic heterocycles. The second-order valence-electron chi connectivity index (χ2n) is 7.09. The molecule has 0 aliphatic heterocycles. The maximum Gasteiger partial charge on any atom is 0.253 e. The van der Waals surface area contributed by atoms with Gasteiger partial charge in [0.15, 0.2) is 5.16 Å². The third-order valence-corrected chi connectivity index (χ3v) is 5.64. The molecule has 0 bridgehead atoms. The van der Waals surface area contributed by atoms with Crippen molar-refractivity contribution in [2.45, 2.75) is 37.6 Å². The number of nitrogens with zero attached hydrogens (tertiary/aromatic N) is 4. The number of hydrogen-bond acceptors (Lipinski definition) is 5. The van der Waals surface area contributed by atoms with Crippen molar-refractivity contribution in [3.05, 3.63) is 71.9 Å². The molecular weight excluding hydrogens is 428 g/mol. The molecule has 31 heavy (non-hydrogen) atoms. The number of benzene rings is 1. The third-order valence-electron chi connectivity index (χ3n) is 4.53. The number of rotatable bonds is 13. The van der Waals surface area contributed by atoms with Crippen LogP contribution >= 0.6 is 23.4 Å². The standard InChI is InChI=1S/C24H31ClN4OS/c1-5-13-28(14-6-2)22-17-21(25)26-24(27-22)31-18-19-9-11-20(12-10-19)23(30)29(15-7-3)16-8-4/h5-6,9-12,17H,1-2,7-8,13-16,18H2,3-4H3. The fourth-order valence-electron chi connectivity index (χ4n) is 3.11. The number of carbonyl (C=O) groups excluding carboxylic acids is 1. The van der Waals surface area contributed by atoms with Gasteiger partial charge < -0.3 is 9.80 Å². The van der Waals surface area contributed by atoms with Crippen molar-refractivity contribution in [3.63, 3.8) is 0 Å². The minimum absolute atomic E-state index is 0.0928. The zero-order chi connectivity index (χ0) is 22.6. The van der Waals surface area contributed by atoms with Gasteiger partial charge in [0, 0.05) is 43.6 Å². The zero-order valence-corrected chi connectivity index (χ0v) is 20.0. The maximum absolute atomic E-state index is 12.7. The van der Waals surface area contributed by atoms with Gasteiger partial charge in [-0.15, -0.1) is 13.2 Å². The number of halogens is 1. The average molecular weight is 459 g/mol. The summed E-state index contributed by atoms with van der Waals surface area (Å²) < 4.78 is 0. The molecule has 1 amide bonds. The van der Waals surface area contributed by atoms with E-state index in [1.807, 2.05) is 46.2 Å². The highest BCUT2D eigenvalue weighted by Gasteiger charge is 2.14. The van der Waals surface area contributed by atoms with Crippen LogP contribution in [0.2, 0.25) is 5.15 Å². The van der Waals surface area contributed by atoms with Crippen molar-refractivity contribution in [1.29, 1.82) is 0 Å². The van der Waals surface area contributed by atoms with Crippen molar-refractivity contribution in [3.8, 4) is 0 Å². The Morgan fingerprint density at radius 2 is 1.68 bits per heavy atom. The molecule has 0 spiro atoms. The van der Waals surface area contributed by atoms with Crippen LogP contribution in [-0.2, 0) is 5.75 Å². The highest BCUT2D eigenvalue weighted by Crippen LogP contribution is 2.25. The Morgan fingerprint density at radius 1 is 1.06 bits per heavy atom. The molecule has 0 saturated carbocycles. The molecule has 2 aromatic rings. The summed E-state index contributed by atoms with van der Waals surface area (Å²) in [5.74, 6) is 1.52. The van der Waals surface area contributed by atoms with Crippen LogP contribution < -0.4 is 4.90 Å². The van der Waals surface area contributed by atoms with Gasteiger partial charge in [-0.25, -0.2) is 9.97 Å². The van der Waals surface area contributed by atoms with Gasteiger partial charge in [-0.3, -0.25) is 4.79 Å². The van der Waals surface area contributed by atoms with Crippen molar-refractivity contribution in [2.75, 3.05) is 31.1 Å². The maximum atomic E-state index is 12.7. The minimum atomic E-state index is 0.0928. The molecule has 0 atom stereocenters. The van der Waals surface area contributed by atoms with E-state index in [0.717, 1.165) is 42.9 Å². The minimum Gasteiger partial charge on any atom is -0.349 e. The van der Waals surface area contributed by atoms with Gasteiger partial charge in [-0.2, -0.15) is 0 Å². The SMILES string of the molecule is C=CCN(CC=C)c1cc(Cl)nc(SCc2ccc(C(=O)N(CCC)CCC)cc2)n1. The molecule has 5 nitrogen and oxygen atoms in total. The third kappa shape index (κ3) is 7.71. The van der Waals surface area contributed by atoms with E-state index in [1.165, 1.54) is 11.8 Å². The van der Waals surface area contributed by atoms with Crippen LogP contribution in [0.4, 0.5) is 5.82 Å². The van der Waals surface area contributed by atoms with Crippen LogP contribution in [0, 0.1) is 0 Å². The van der Waals surface area contributed by atoms with Gasteiger partial charge in [0.05, 0.1) is 0 Å². The van der Waals surface area contributed by atoms with Crippen LogP contribution in [0.3, 0.4) is 0 Å². The summed E-state index contributed by atoms with van der Waals surface area (Å²) in [6, 6.07) is 9.53. The highest BCUT2D eigenvalue weighted by molar-refractivity contribution is 7.98. The first-order valence-corrected chi connectivity index (χ1v) is 11.9. The van der Waals surface area contributed by atoms with E-state index < -0.39 is 0 Å². The van der Waals surface area contributed by atoms with Crippen molar-refractivity contribution < 1.29 is 4.79 Å². The highest BCUT2D eigenvalue weighted by atomic mass is 35.5. The van der Waals surface area contributed by atoms with Gasteiger partial charge in [-0.05, 0) is 30.5 Å². The second-order valence-corrected chi connectivity index (χ2v) is 8.42. The fraction of sp³-hybridized carbons (Fsp3) is 0.375. The molecule has 2 rings (SSSR count). The molecule has 1 aromatic carbocycles. The largest absolute Gasteiger partial charge is 0.349 e. The first kappa shape index (κ1) is 25.0. The molecular formula is C24H31ClN4OS. The molecule has 0 radical (unpaired) electrons. The molecule has 0 N–H and O–H groups in total. The number of hydrogen-bond donors (Lipinski definition) is 0. The van der Waals surface area contributed by atoms with E-state index in [4.69, 9.17) is 11.6 Å². The Morgan fingerprint density at radius 3 is 2.23 bits per heavy atom. The van der Waals surface area contributed by atoms with Gasteiger partial charge in [0.1, 0.15) is 11.0 Å². The summed E-state index contributed by atoms with van der Waals surface area (Å²) in [4.78, 5) is 25.6. The molecule has 0 aliphatic rings. The number of anilines is 1. The lowest BCUT2D eigenvalue weighted by Crippen LogP contribution is -2.32. The smallest absolute Gasteiger partial charge is 0.253 e. The fourth-order valence-corrected chi connectivity index (χ4v) is 4.15. The summed E-state index contributed by atoms with van der Waals surface area (Å²) in [5, 5.41) is 1.01. The van der Waals surface area contributed by atoms with Gasteiger partial charge >= 0.3 is 0 Å². The zero-order valence-electron chi connectivity index (χ0n) is 18.4. The number of carbonyl (C=O) groups is 1. The van der Waals surface area contributed by atoms with E-state index in [9.17, 15) is 4.79 Å². The lowest BCUT2D eigenvalue weighted by Gasteiger charge is -2.21. The topological polar surface area (TPSA) is 49.3 Å². The lowest BCUT2D eigenvalue weighted by atomic mass is 10.1. The first-order valence-electron chi connectivity index (χ1n) is 10.5. The lowest BCUT2D eigenvalue weighted by molar-refractivity contribution is 0.0755. The molecule has 0 fully saturated rings. The summed E-state index contributed by atoms with van der Waals surface area (Å²) in [5.41, 5.74) is 1.82. The van der Waals surface area contributed by atoms with Crippen LogP contribution in [0.1, 0.15) is 42.6 Å². The van der Waals surface area contributed by atoms with E-state index >= 15 is 0 Å². The van der Waals surface area contributed by atoms with E-state index in [1.54, 1.807) is 6.07 Å². The molecule has 7 heteroatoms. The van der Waals surface area contributed by atoms with Crippen LogP contribution in [0.5, 0.6) is 0 Å².